The van der Waals surface area contributed by atoms with Crippen LogP contribution in [0.5, 0.6) is 5.75 Å². The number of nitrogens with one attached hydrogen (secondary N) is 1. The summed E-state index contributed by atoms with van der Waals surface area (Å²) in [4.78, 5) is 12.4. The third-order valence-electron chi connectivity index (χ3n) is 3.25. The quantitative estimate of drug-likeness (QED) is 0.837. The van der Waals surface area contributed by atoms with Crippen molar-refractivity contribution in [3.63, 3.8) is 0 Å². The van der Waals surface area contributed by atoms with E-state index in [1.807, 2.05) is 20.9 Å². The van der Waals surface area contributed by atoms with Gasteiger partial charge in [-0.1, -0.05) is 6.07 Å². The zero-order valence-electron chi connectivity index (χ0n) is 12.0. The van der Waals surface area contributed by atoms with Gasteiger partial charge in [-0.2, -0.15) is 5.10 Å². The van der Waals surface area contributed by atoms with Gasteiger partial charge < -0.3 is 15.8 Å². The molecule has 1 amide bonds. The van der Waals surface area contributed by atoms with E-state index in [0.717, 1.165) is 11.4 Å². The molecule has 106 valence electrons. The highest BCUT2D eigenvalue weighted by Crippen LogP contribution is 2.26. The van der Waals surface area contributed by atoms with Crippen molar-refractivity contribution in [3.8, 4) is 5.75 Å². The molecule has 0 saturated carbocycles. The second-order valence-corrected chi connectivity index (χ2v) is 4.55. The number of amides is 1. The van der Waals surface area contributed by atoms with Crippen molar-refractivity contribution in [2.75, 3.05) is 18.2 Å². The van der Waals surface area contributed by atoms with Gasteiger partial charge in [0.15, 0.2) is 0 Å². The first-order chi connectivity index (χ1) is 9.45. The van der Waals surface area contributed by atoms with Crippen molar-refractivity contribution < 1.29 is 9.53 Å². The number of aryl methyl sites for hydroxylation is 2. The molecule has 0 bridgehead atoms. The zero-order chi connectivity index (χ0) is 14.9. The smallest absolute Gasteiger partial charge is 0.261 e. The highest BCUT2D eigenvalue weighted by molar-refractivity contribution is 6.10. The number of aromatic nitrogens is 2. The molecule has 0 fully saturated rings. The molecule has 0 aliphatic rings. The number of hydrogen-bond donors (Lipinski definition) is 2. The number of carbonyl (C=O) groups excluding carboxylic acids is 1. The first kappa shape index (κ1) is 13.9. The molecule has 0 unspecified atom stereocenters. The Kier molecular flexibility index (Phi) is 3.65. The molecule has 1 aromatic carbocycles. The molecule has 20 heavy (non-hydrogen) atoms. The Bertz CT molecular complexity index is 661. The van der Waals surface area contributed by atoms with Gasteiger partial charge in [-0.15, -0.1) is 0 Å². The monoisotopic (exact) mass is 274 g/mol. The Morgan fingerprint density at radius 3 is 2.65 bits per heavy atom. The summed E-state index contributed by atoms with van der Waals surface area (Å²) in [5, 5.41) is 7.11. The van der Waals surface area contributed by atoms with Gasteiger partial charge in [-0.3, -0.25) is 9.48 Å². The van der Waals surface area contributed by atoms with E-state index in [1.54, 1.807) is 22.9 Å². The van der Waals surface area contributed by atoms with E-state index in [4.69, 9.17) is 10.5 Å². The van der Waals surface area contributed by atoms with Gasteiger partial charge in [0.25, 0.3) is 5.91 Å². The van der Waals surface area contributed by atoms with Crippen molar-refractivity contribution in [1.29, 1.82) is 0 Å². The largest absolute Gasteiger partial charge is 0.496 e. The number of anilines is 2. The Hall–Kier alpha value is -2.50. The van der Waals surface area contributed by atoms with Gasteiger partial charge in [0.1, 0.15) is 11.3 Å². The third kappa shape index (κ3) is 2.32. The summed E-state index contributed by atoms with van der Waals surface area (Å²) in [6.07, 6.45) is 0. The van der Waals surface area contributed by atoms with Crippen LogP contribution in [0.1, 0.15) is 21.7 Å². The summed E-state index contributed by atoms with van der Waals surface area (Å²) in [6, 6.07) is 5.11. The summed E-state index contributed by atoms with van der Waals surface area (Å²) in [6.45, 7) is 3.73. The van der Waals surface area contributed by atoms with E-state index in [1.165, 1.54) is 7.11 Å². The minimum absolute atomic E-state index is 0.306. The number of nitrogen functional groups attached to an aromatic ring is 1. The standard InChI is InChI=1S/C14H18N4O2/c1-8-13(9(2)18(3)17-8)16-14(19)12-10(15)6-5-7-11(12)20-4/h5-7H,15H2,1-4H3,(H,16,19). The molecule has 0 aliphatic carbocycles. The molecule has 2 rings (SSSR count). The molecule has 0 atom stereocenters. The van der Waals surface area contributed by atoms with Crippen LogP contribution < -0.4 is 15.8 Å². The third-order valence-corrected chi connectivity index (χ3v) is 3.25. The Labute approximate surface area is 117 Å². The lowest BCUT2D eigenvalue weighted by Crippen LogP contribution is -2.16. The van der Waals surface area contributed by atoms with Crippen molar-refractivity contribution in [3.05, 3.63) is 35.2 Å². The fraction of sp³-hybridized carbons (Fsp3) is 0.286. The van der Waals surface area contributed by atoms with Crippen LogP contribution in [-0.2, 0) is 7.05 Å². The molecular formula is C14H18N4O2. The van der Waals surface area contributed by atoms with Crippen LogP contribution in [0.15, 0.2) is 18.2 Å². The fourth-order valence-electron chi connectivity index (χ4n) is 2.09. The highest BCUT2D eigenvalue weighted by atomic mass is 16.5. The maximum Gasteiger partial charge on any atom is 0.261 e. The molecule has 0 radical (unpaired) electrons. The molecule has 2 aromatic rings. The number of nitrogens with two attached hydrogens (primary N) is 1. The van der Waals surface area contributed by atoms with Crippen molar-refractivity contribution in [1.82, 2.24) is 9.78 Å². The second-order valence-electron chi connectivity index (χ2n) is 4.55. The zero-order valence-corrected chi connectivity index (χ0v) is 12.0. The molecule has 1 heterocycles. The fourth-order valence-corrected chi connectivity index (χ4v) is 2.09. The van der Waals surface area contributed by atoms with Gasteiger partial charge in [-0.25, -0.2) is 0 Å². The average Bonchev–Trinajstić information content (AvgIpc) is 2.64. The maximum absolute atomic E-state index is 12.4. The predicted octanol–water partition coefficient (Wildman–Crippen LogP) is 1.88. The van der Waals surface area contributed by atoms with E-state index in [-0.39, 0.29) is 5.91 Å². The molecule has 0 aliphatic heterocycles. The summed E-state index contributed by atoms with van der Waals surface area (Å²) < 4.78 is 6.91. The second kappa shape index (κ2) is 5.24. The first-order valence-electron chi connectivity index (χ1n) is 6.19. The van der Waals surface area contributed by atoms with Crippen molar-refractivity contribution in [2.45, 2.75) is 13.8 Å². The van der Waals surface area contributed by atoms with Crippen molar-refractivity contribution >= 4 is 17.3 Å². The van der Waals surface area contributed by atoms with Crippen LogP contribution in [-0.4, -0.2) is 22.8 Å². The van der Waals surface area contributed by atoms with Gasteiger partial charge in [-0.05, 0) is 26.0 Å². The number of methoxy groups -OCH3 is 1. The molecule has 0 saturated heterocycles. The minimum atomic E-state index is -0.306. The number of benzene rings is 1. The Morgan fingerprint density at radius 2 is 2.10 bits per heavy atom. The van der Waals surface area contributed by atoms with E-state index in [9.17, 15) is 4.79 Å². The van der Waals surface area contributed by atoms with Gasteiger partial charge >= 0.3 is 0 Å². The normalized spacial score (nSPS) is 10.4. The Morgan fingerprint density at radius 1 is 1.40 bits per heavy atom. The molecule has 0 spiro atoms. The average molecular weight is 274 g/mol. The van der Waals surface area contributed by atoms with Crippen LogP contribution in [0.4, 0.5) is 11.4 Å². The number of nitrogens with zero attached hydrogens (tertiary/aromatic N) is 2. The summed E-state index contributed by atoms with van der Waals surface area (Å²) in [5.74, 6) is 0.140. The lowest BCUT2D eigenvalue weighted by molar-refractivity contribution is 0.102. The number of ether oxygens (including phenoxy) is 1. The van der Waals surface area contributed by atoms with Gasteiger partial charge in [0.05, 0.1) is 24.2 Å². The van der Waals surface area contributed by atoms with E-state index in [0.29, 0.717) is 22.7 Å². The van der Waals surface area contributed by atoms with Crippen LogP contribution >= 0.6 is 0 Å². The van der Waals surface area contributed by atoms with Crippen LogP contribution in [0.3, 0.4) is 0 Å². The molecule has 6 nitrogen and oxygen atoms in total. The lowest BCUT2D eigenvalue weighted by Gasteiger charge is -2.11. The van der Waals surface area contributed by atoms with Crippen LogP contribution in [0.2, 0.25) is 0 Å². The predicted molar refractivity (Wildman–Crippen MR) is 78.0 cm³/mol. The summed E-state index contributed by atoms with van der Waals surface area (Å²) in [5.41, 5.74) is 8.91. The van der Waals surface area contributed by atoms with E-state index >= 15 is 0 Å². The molecule has 1 aromatic heterocycles. The molecule has 6 heteroatoms. The van der Waals surface area contributed by atoms with Crippen LogP contribution in [0.25, 0.3) is 0 Å². The number of carbonyl (C=O) groups is 1. The van der Waals surface area contributed by atoms with E-state index in [2.05, 4.69) is 10.4 Å². The van der Waals surface area contributed by atoms with Gasteiger partial charge in [0, 0.05) is 12.7 Å². The lowest BCUT2D eigenvalue weighted by atomic mass is 10.1. The van der Waals surface area contributed by atoms with Crippen molar-refractivity contribution in [2.24, 2.45) is 7.05 Å². The van der Waals surface area contributed by atoms with Gasteiger partial charge in [0.2, 0.25) is 0 Å². The SMILES string of the molecule is COc1cccc(N)c1C(=O)Nc1c(C)nn(C)c1C. The summed E-state index contributed by atoms with van der Waals surface area (Å²) >= 11 is 0. The summed E-state index contributed by atoms with van der Waals surface area (Å²) in [7, 11) is 3.33. The maximum atomic E-state index is 12.4. The number of rotatable bonds is 3. The molecule has 3 N–H and O–H groups in total. The van der Waals surface area contributed by atoms with E-state index < -0.39 is 0 Å². The van der Waals surface area contributed by atoms with Crippen LogP contribution in [0, 0.1) is 13.8 Å². The topological polar surface area (TPSA) is 82.2 Å². The highest BCUT2D eigenvalue weighted by Gasteiger charge is 2.19. The Balaban J connectivity index is 2.38. The minimum Gasteiger partial charge on any atom is -0.496 e. The number of hydrogen-bond acceptors (Lipinski definition) is 4. The first-order valence-corrected chi connectivity index (χ1v) is 6.19. The molecular weight excluding hydrogens is 256 g/mol.